The standard InChI is InChI=1S/C18H27N3O.2ClH/c1-18(2,13-20-17(22)15-7-9-19-11-15)21-10-8-14-5-3-4-6-16(14)12-21;;/h3-6,15,19H,7-13H2,1-2H3,(H,20,22);2*1H. The number of benzene rings is 1. The van der Waals surface area contributed by atoms with Crippen molar-refractivity contribution in [2.75, 3.05) is 26.2 Å². The van der Waals surface area contributed by atoms with Crippen molar-refractivity contribution in [2.24, 2.45) is 5.92 Å². The lowest BCUT2D eigenvalue weighted by molar-refractivity contribution is -0.125. The van der Waals surface area contributed by atoms with Crippen molar-refractivity contribution in [3.05, 3.63) is 35.4 Å². The van der Waals surface area contributed by atoms with Gasteiger partial charge < -0.3 is 10.6 Å². The van der Waals surface area contributed by atoms with Gasteiger partial charge in [0.05, 0.1) is 5.92 Å². The minimum atomic E-state index is -0.0186. The molecule has 3 rings (SSSR count). The van der Waals surface area contributed by atoms with Gasteiger partial charge in [0.15, 0.2) is 0 Å². The van der Waals surface area contributed by atoms with Gasteiger partial charge in [0.25, 0.3) is 0 Å². The van der Waals surface area contributed by atoms with Crippen molar-refractivity contribution in [2.45, 2.75) is 38.8 Å². The largest absolute Gasteiger partial charge is 0.354 e. The van der Waals surface area contributed by atoms with E-state index < -0.39 is 0 Å². The summed E-state index contributed by atoms with van der Waals surface area (Å²) in [4.78, 5) is 14.7. The first kappa shape index (κ1) is 21.2. The molecule has 0 aliphatic carbocycles. The molecule has 1 aromatic rings. The number of carbonyl (C=O) groups is 1. The fourth-order valence-electron chi connectivity index (χ4n) is 3.45. The van der Waals surface area contributed by atoms with Crippen molar-refractivity contribution in [3.8, 4) is 0 Å². The molecule has 0 radical (unpaired) electrons. The second kappa shape index (κ2) is 9.04. The van der Waals surface area contributed by atoms with E-state index in [0.717, 1.165) is 39.0 Å². The van der Waals surface area contributed by atoms with Gasteiger partial charge >= 0.3 is 0 Å². The third kappa shape index (κ3) is 4.85. The molecule has 2 N–H and O–H groups in total. The fraction of sp³-hybridized carbons (Fsp3) is 0.611. The summed E-state index contributed by atoms with van der Waals surface area (Å²) >= 11 is 0. The van der Waals surface area contributed by atoms with E-state index in [-0.39, 0.29) is 42.2 Å². The molecule has 0 bridgehead atoms. The van der Waals surface area contributed by atoms with Gasteiger partial charge in [-0.2, -0.15) is 0 Å². The van der Waals surface area contributed by atoms with Crippen LogP contribution in [-0.4, -0.2) is 42.5 Å². The van der Waals surface area contributed by atoms with Gasteiger partial charge in [-0.1, -0.05) is 24.3 Å². The molecule has 136 valence electrons. The number of amides is 1. The summed E-state index contributed by atoms with van der Waals surface area (Å²) in [5.74, 6) is 0.355. The molecule has 0 saturated carbocycles. The zero-order valence-electron chi connectivity index (χ0n) is 14.5. The Balaban J connectivity index is 0.00000144. The second-order valence-electron chi connectivity index (χ2n) is 7.16. The highest BCUT2D eigenvalue weighted by atomic mass is 35.5. The van der Waals surface area contributed by atoms with E-state index >= 15 is 0 Å². The number of rotatable bonds is 4. The molecule has 1 atom stereocenters. The van der Waals surface area contributed by atoms with E-state index in [4.69, 9.17) is 0 Å². The Labute approximate surface area is 157 Å². The lowest BCUT2D eigenvalue weighted by Crippen LogP contribution is -2.53. The Bertz CT molecular complexity index is 545. The topological polar surface area (TPSA) is 44.4 Å². The summed E-state index contributed by atoms with van der Waals surface area (Å²) in [6, 6.07) is 8.69. The highest BCUT2D eigenvalue weighted by Crippen LogP contribution is 2.25. The Morgan fingerprint density at radius 3 is 2.67 bits per heavy atom. The molecular formula is C18H29Cl2N3O. The van der Waals surface area contributed by atoms with Crippen LogP contribution < -0.4 is 10.6 Å². The number of nitrogens with zero attached hydrogens (tertiary/aromatic N) is 1. The smallest absolute Gasteiger partial charge is 0.224 e. The van der Waals surface area contributed by atoms with Crippen LogP contribution in [0.5, 0.6) is 0 Å². The van der Waals surface area contributed by atoms with Gasteiger partial charge in [0, 0.05) is 31.7 Å². The maximum absolute atomic E-state index is 12.2. The third-order valence-electron chi connectivity index (χ3n) is 5.11. The molecule has 2 aliphatic heterocycles. The summed E-state index contributed by atoms with van der Waals surface area (Å²) in [6.45, 7) is 9.00. The predicted molar refractivity (Wildman–Crippen MR) is 103 cm³/mol. The molecular weight excluding hydrogens is 345 g/mol. The molecule has 1 saturated heterocycles. The van der Waals surface area contributed by atoms with E-state index in [0.29, 0.717) is 6.54 Å². The first-order chi connectivity index (χ1) is 10.6. The van der Waals surface area contributed by atoms with Crippen molar-refractivity contribution in [3.63, 3.8) is 0 Å². The van der Waals surface area contributed by atoms with Gasteiger partial charge in [0.2, 0.25) is 5.91 Å². The summed E-state index contributed by atoms with van der Waals surface area (Å²) in [7, 11) is 0. The monoisotopic (exact) mass is 373 g/mol. The van der Waals surface area contributed by atoms with Crippen LogP contribution in [0, 0.1) is 5.92 Å². The maximum atomic E-state index is 12.2. The fourth-order valence-corrected chi connectivity index (χ4v) is 3.45. The summed E-state index contributed by atoms with van der Waals surface area (Å²) in [5, 5.41) is 6.42. The molecule has 0 spiro atoms. The van der Waals surface area contributed by atoms with Gasteiger partial charge in [-0.3, -0.25) is 9.69 Å². The number of nitrogens with one attached hydrogen (secondary N) is 2. The molecule has 6 heteroatoms. The number of fused-ring (bicyclic) bond motifs is 1. The van der Waals surface area contributed by atoms with Crippen LogP contribution >= 0.6 is 24.8 Å². The average molecular weight is 374 g/mol. The third-order valence-corrected chi connectivity index (χ3v) is 5.11. The zero-order chi connectivity index (χ0) is 15.6. The molecule has 2 aliphatic rings. The Kier molecular flexibility index (Phi) is 8.00. The molecule has 0 aromatic heterocycles. The van der Waals surface area contributed by atoms with E-state index in [9.17, 15) is 4.79 Å². The van der Waals surface area contributed by atoms with Crippen LogP contribution in [0.2, 0.25) is 0 Å². The zero-order valence-corrected chi connectivity index (χ0v) is 16.1. The van der Waals surface area contributed by atoms with Crippen molar-refractivity contribution >= 4 is 30.7 Å². The lowest BCUT2D eigenvalue weighted by atomic mass is 9.94. The first-order valence-electron chi connectivity index (χ1n) is 8.36. The van der Waals surface area contributed by atoms with Gasteiger partial charge in [-0.25, -0.2) is 0 Å². The Morgan fingerprint density at radius 1 is 1.29 bits per heavy atom. The van der Waals surface area contributed by atoms with Crippen LogP contribution in [0.4, 0.5) is 0 Å². The first-order valence-corrected chi connectivity index (χ1v) is 8.36. The van der Waals surface area contributed by atoms with E-state index in [2.05, 4.69) is 53.6 Å². The van der Waals surface area contributed by atoms with Gasteiger partial charge in [-0.05, 0) is 44.4 Å². The highest BCUT2D eigenvalue weighted by Gasteiger charge is 2.31. The maximum Gasteiger partial charge on any atom is 0.224 e. The molecule has 1 fully saturated rings. The average Bonchev–Trinajstić information content (AvgIpc) is 3.07. The molecule has 1 unspecified atom stereocenters. The number of carbonyl (C=O) groups excluding carboxylic acids is 1. The van der Waals surface area contributed by atoms with Crippen molar-refractivity contribution < 1.29 is 4.79 Å². The van der Waals surface area contributed by atoms with Crippen LogP contribution in [-0.2, 0) is 17.8 Å². The summed E-state index contributed by atoms with van der Waals surface area (Å²) in [5.41, 5.74) is 2.87. The number of hydrogen-bond donors (Lipinski definition) is 2. The predicted octanol–water partition coefficient (Wildman–Crippen LogP) is 2.39. The number of halogens is 2. The van der Waals surface area contributed by atoms with Gasteiger partial charge in [0.1, 0.15) is 0 Å². The Morgan fingerprint density at radius 2 is 2.00 bits per heavy atom. The van der Waals surface area contributed by atoms with Crippen molar-refractivity contribution in [1.29, 1.82) is 0 Å². The molecule has 1 aromatic carbocycles. The normalized spacial score (nSPS) is 20.5. The molecule has 1 amide bonds. The SMILES string of the molecule is CC(C)(CNC(=O)C1CCNC1)N1CCc2ccccc2C1.Cl.Cl. The van der Waals surface area contributed by atoms with Crippen LogP contribution in [0.1, 0.15) is 31.4 Å². The number of hydrogen-bond acceptors (Lipinski definition) is 3. The second-order valence-corrected chi connectivity index (χ2v) is 7.16. The van der Waals surface area contributed by atoms with Crippen LogP contribution in [0.3, 0.4) is 0 Å². The highest BCUT2D eigenvalue weighted by molar-refractivity contribution is 5.85. The van der Waals surface area contributed by atoms with Gasteiger partial charge in [-0.15, -0.1) is 24.8 Å². The molecule has 2 heterocycles. The van der Waals surface area contributed by atoms with E-state index in [1.54, 1.807) is 0 Å². The summed E-state index contributed by atoms with van der Waals surface area (Å²) in [6.07, 6.45) is 2.06. The van der Waals surface area contributed by atoms with Crippen molar-refractivity contribution in [1.82, 2.24) is 15.5 Å². The minimum absolute atomic E-state index is 0. The Hall–Kier alpha value is -0.810. The van der Waals surface area contributed by atoms with E-state index in [1.807, 2.05) is 0 Å². The lowest BCUT2D eigenvalue weighted by Gasteiger charge is -2.41. The minimum Gasteiger partial charge on any atom is -0.354 e. The summed E-state index contributed by atoms with van der Waals surface area (Å²) < 4.78 is 0. The molecule has 4 nitrogen and oxygen atoms in total. The molecule has 24 heavy (non-hydrogen) atoms. The van der Waals surface area contributed by atoms with Crippen LogP contribution in [0.15, 0.2) is 24.3 Å². The quantitative estimate of drug-likeness (QED) is 0.851. The van der Waals surface area contributed by atoms with Crippen LogP contribution in [0.25, 0.3) is 0 Å². The van der Waals surface area contributed by atoms with E-state index in [1.165, 1.54) is 11.1 Å².